The molecule has 0 spiro atoms. The molecule has 0 aliphatic carbocycles. The Morgan fingerprint density at radius 3 is 2.26 bits per heavy atom. The molecule has 0 aromatic heterocycles. The van der Waals surface area contributed by atoms with Crippen molar-refractivity contribution in [1.82, 2.24) is 5.32 Å². The van der Waals surface area contributed by atoms with Crippen molar-refractivity contribution in [3.8, 4) is 11.1 Å². The second-order valence-corrected chi connectivity index (χ2v) is 4.72. The molecule has 0 heterocycles. The molecule has 2 rings (SSSR count). The summed E-state index contributed by atoms with van der Waals surface area (Å²) >= 11 is 0. The average Bonchev–Trinajstić information content (AvgIpc) is 2.52. The van der Waals surface area contributed by atoms with E-state index in [-0.39, 0.29) is 12.1 Å². The molecule has 4 nitrogen and oxygen atoms in total. The molecule has 2 N–H and O–H groups in total. The molecule has 0 radical (unpaired) electrons. The normalized spacial score (nSPS) is 11.1. The molecule has 0 bridgehead atoms. The third-order valence-corrected chi connectivity index (χ3v) is 3.14. The first kappa shape index (κ1) is 16.5. The molecule has 0 saturated carbocycles. The zero-order valence-electron chi connectivity index (χ0n) is 11.7. The highest BCUT2D eigenvalue weighted by molar-refractivity contribution is 5.90. The largest absolute Gasteiger partial charge is 0.478 e. The highest BCUT2D eigenvalue weighted by atomic mass is 19.4. The number of benzene rings is 2. The number of halogens is 3. The van der Waals surface area contributed by atoms with E-state index in [1.54, 1.807) is 35.6 Å². The summed E-state index contributed by atoms with van der Waals surface area (Å²) < 4.78 is 36.8. The summed E-state index contributed by atoms with van der Waals surface area (Å²) in [6, 6.07) is 12.7. The zero-order valence-corrected chi connectivity index (χ0v) is 11.7. The van der Waals surface area contributed by atoms with Gasteiger partial charge in [0.05, 0.1) is 5.56 Å². The second-order valence-electron chi connectivity index (χ2n) is 4.72. The molecule has 7 heteroatoms. The summed E-state index contributed by atoms with van der Waals surface area (Å²) in [5, 5.41) is 10.8. The smallest absolute Gasteiger partial charge is 0.471 e. The standard InChI is InChI=1S/C16H12F3NO3/c17-16(18,19)15(23)20-9-12-7-6-11(14(21)22)8-13(12)10-4-2-1-3-5-10/h1-8H,9H2,(H,20,23)(H,21,22). The van der Waals surface area contributed by atoms with Gasteiger partial charge in [-0.1, -0.05) is 36.4 Å². The summed E-state index contributed by atoms with van der Waals surface area (Å²) in [5.74, 6) is -3.19. The van der Waals surface area contributed by atoms with Gasteiger partial charge in [-0.2, -0.15) is 13.2 Å². The molecule has 0 saturated heterocycles. The van der Waals surface area contributed by atoms with Crippen LogP contribution in [0.4, 0.5) is 13.2 Å². The number of aromatic carboxylic acids is 1. The maximum absolute atomic E-state index is 12.3. The van der Waals surface area contributed by atoms with Crippen molar-refractivity contribution in [2.45, 2.75) is 12.7 Å². The van der Waals surface area contributed by atoms with Gasteiger partial charge in [0.15, 0.2) is 0 Å². The molecule has 0 atom stereocenters. The van der Waals surface area contributed by atoms with Crippen molar-refractivity contribution in [2.24, 2.45) is 0 Å². The van der Waals surface area contributed by atoms with Gasteiger partial charge >= 0.3 is 18.1 Å². The minimum Gasteiger partial charge on any atom is -0.478 e. The number of hydrogen-bond acceptors (Lipinski definition) is 2. The molecule has 2 aromatic rings. The molecule has 0 unspecified atom stereocenters. The third-order valence-electron chi connectivity index (χ3n) is 3.14. The van der Waals surface area contributed by atoms with Crippen LogP contribution in [0.15, 0.2) is 48.5 Å². The zero-order chi connectivity index (χ0) is 17.0. The predicted molar refractivity (Wildman–Crippen MR) is 76.7 cm³/mol. The quantitative estimate of drug-likeness (QED) is 0.908. The number of nitrogens with one attached hydrogen (secondary N) is 1. The third kappa shape index (κ3) is 4.09. The highest BCUT2D eigenvalue weighted by Crippen LogP contribution is 2.25. The summed E-state index contributed by atoms with van der Waals surface area (Å²) in [4.78, 5) is 22.0. The van der Waals surface area contributed by atoms with Crippen molar-refractivity contribution in [1.29, 1.82) is 0 Å². The number of carbonyl (C=O) groups is 2. The van der Waals surface area contributed by atoms with Crippen LogP contribution in [0.25, 0.3) is 11.1 Å². The van der Waals surface area contributed by atoms with Crippen molar-refractivity contribution < 1.29 is 27.9 Å². The second kappa shape index (κ2) is 6.51. The van der Waals surface area contributed by atoms with E-state index in [0.29, 0.717) is 16.7 Å². The topological polar surface area (TPSA) is 66.4 Å². The van der Waals surface area contributed by atoms with Crippen molar-refractivity contribution in [3.63, 3.8) is 0 Å². The molecule has 120 valence electrons. The van der Waals surface area contributed by atoms with Gasteiger partial charge in [-0.05, 0) is 28.8 Å². The Labute approximate surface area is 129 Å². The number of alkyl halides is 3. The first-order valence-corrected chi connectivity index (χ1v) is 6.55. The van der Waals surface area contributed by atoms with Crippen LogP contribution in [-0.4, -0.2) is 23.2 Å². The lowest BCUT2D eigenvalue weighted by Crippen LogP contribution is -2.36. The van der Waals surface area contributed by atoms with Gasteiger partial charge in [0.1, 0.15) is 0 Å². The highest BCUT2D eigenvalue weighted by Gasteiger charge is 2.38. The van der Waals surface area contributed by atoms with Crippen LogP contribution in [0.1, 0.15) is 15.9 Å². The Morgan fingerprint density at radius 1 is 1.04 bits per heavy atom. The van der Waals surface area contributed by atoms with Crippen LogP contribution >= 0.6 is 0 Å². The fraction of sp³-hybridized carbons (Fsp3) is 0.125. The lowest BCUT2D eigenvalue weighted by Gasteiger charge is -2.13. The van der Waals surface area contributed by atoms with E-state index in [1.807, 2.05) is 0 Å². The minimum absolute atomic E-state index is 0.00903. The Balaban J connectivity index is 2.35. The summed E-state index contributed by atoms with van der Waals surface area (Å²) in [6.07, 6.45) is -4.96. The van der Waals surface area contributed by atoms with Gasteiger partial charge in [-0.3, -0.25) is 4.79 Å². The molecular weight excluding hydrogens is 311 g/mol. The average molecular weight is 323 g/mol. The number of carboxylic acids is 1. The molecule has 0 aliphatic heterocycles. The van der Waals surface area contributed by atoms with E-state index < -0.39 is 18.1 Å². The lowest BCUT2D eigenvalue weighted by molar-refractivity contribution is -0.173. The van der Waals surface area contributed by atoms with Crippen molar-refractivity contribution in [2.75, 3.05) is 0 Å². The SMILES string of the molecule is O=C(O)c1ccc(CNC(=O)C(F)(F)F)c(-c2ccccc2)c1. The van der Waals surface area contributed by atoms with Gasteiger partial charge in [0.2, 0.25) is 0 Å². The number of carbonyl (C=O) groups excluding carboxylic acids is 1. The monoisotopic (exact) mass is 323 g/mol. The maximum Gasteiger partial charge on any atom is 0.471 e. The Morgan fingerprint density at radius 2 is 1.70 bits per heavy atom. The van der Waals surface area contributed by atoms with E-state index in [9.17, 15) is 22.8 Å². The van der Waals surface area contributed by atoms with E-state index in [4.69, 9.17) is 5.11 Å². The number of carboxylic acid groups (broad SMARTS) is 1. The molecule has 0 fully saturated rings. The van der Waals surface area contributed by atoms with Gasteiger partial charge < -0.3 is 10.4 Å². The Bertz CT molecular complexity index is 727. The van der Waals surface area contributed by atoms with Crippen molar-refractivity contribution >= 4 is 11.9 Å². The number of rotatable bonds is 4. The lowest BCUT2D eigenvalue weighted by atomic mass is 9.97. The fourth-order valence-corrected chi connectivity index (χ4v) is 2.03. The van der Waals surface area contributed by atoms with Crippen LogP contribution in [0.2, 0.25) is 0 Å². The fourth-order valence-electron chi connectivity index (χ4n) is 2.03. The van der Waals surface area contributed by atoms with Crippen LogP contribution in [0, 0.1) is 0 Å². The first-order valence-electron chi connectivity index (χ1n) is 6.55. The van der Waals surface area contributed by atoms with Crippen LogP contribution in [0.5, 0.6) is 0 Å². The van der Waals surface area contributed by atoms with Gasteiger partial charge in [-0.15, -0.1) is 0 Å². The molecular formula is C16H12F3NO3. The summed E-state index contributed by atoms with van der Waals surface area (Å²) in [5.41, 5.74) is 1.49. The Kier molecular flexibility index (Phi) is 4.68. The van der Waals surface area contributed by atoms with Crippen LogP contribution < -0.4 is 5.32 Å². The van der Waals surface area contributed by atoms with Crippen molar-refractivity contribution in [3.05, 3.63) is 59.7 Å². The summed E-state index contributed by atoms with van der Waals surface area (Å²) in [6.45, 7) is -0.359. The van der Waals surface area contributed by atoms with E-state index in [0.717, 1.165) is 0 Å². The summed E-state index contributed by atoms with van der Waals surface area (Å²) in [7, 11) is 0. The van der Waals surface area contributed by atoms with Crippen LogP contribution in [0.3, 0.4) is 0 Å². The predicted octanol–water partition coefficient (Wildman–Crippen LogP) is 3.23. The van der Waals surface area contributed by atoms with Gasteiger partial charge in [-0.25, -0.2) is 4.79 Å². The van der Waals surface area contributed by atoms with E-state index >= 15 is 0 Å². The van der Waals surface area contributed by atoms with E-state index in [1.165, 1.54) is 18.2 Å². The van der Waals surface area contributed by atoms with Gasteiger partial charge in [0.25, 0.3) is 0 Å². The Hall–Kier alpha value is -2.83. The first-order chi connectivity index (χ1) is 10.8. The van der Waals surface area contributed by atoms with E-state index in [2.05, 4.69) is 0 Å². The van der Waals surface area contributed by atoms with Crippen LogP contribution in [-0.2, 0) is 11.3 Å². The maximum atomic E-state index is 12.3. The minimum atomic E-state index is -4.96. The molecule has 1 amide bonds. The molecule has 2 aromatic carbocycles. The molecule has 23 heavy (non-hydrogen) atoms. The molecule has 0 aliphatic rings. The number of amides is 1. The number of hydrogen-bond donors (Lipinski definition) is 2. The van der Waals surface area contributed by atoms with Gasteiger partial charge in [0, 0.05) is 6.54 Å².